The predicted molar refractivity (Wildman–Crippen MR) is 38.9 cm³/mol. The molecule has 1 saturated heterocycles. The molecule has 1 unspecified atom stereocenters. The topological polar surface area (TPSA) is 66.8 Å². The first-order chi connectivity index (χ1) is 5.20. The average Bonchev–Trinajstić information content (AvgIpc) is 2.05. The third kappa shape index (κ3) is 2.11. The van der Waals surface area contributed by atoms with Gasteiger partial charge in [0, 0.05) is 13.0 Å². The third-order valence-electron chi connectivity index (χ3n) is 1.96. The van der Waals surface area contributed by atoms with Gasteiger partial charge in [0.1, 0.15) is 13.4 Å². The molecule has 5 heteroatoms. The van der Waals surface area contributed by atoms with Gasteiger partial charge in [-0.2, -0.15) is 0 Å². The van der Waals surface area contributed by atoms with E-state index in [0.29, 0.717) is 6.54 Å². The van der Waals surface area contributed by atoms with Crippen LogP contribution < -0.4 is 0 Å². The van der Waals surface area contributed by atoms with Crippen LogP contribution in [0.1, 0.15) is 6.42 Å². The summed E-state index contributed by atoms with van der Waals surface area (Å²) in [6.45, 7) is 0.914. The summed E-state index contributed by atoms with van der Waals surface area (Å²) in [6.07, 6.45) is 0.741. The molecular formula is C6H14N2O3. The monoisotopic (exact) mass is 162 g/mol. The molecular weight excluding hydrogens is 148 g/mol. The Kier molecular flexibility index (Phi) is 2.80. The van der Waals surface area contributed by atoms with E-state index in [1.54, 1.807) is 4.90 Å². The molecule has 1 rings (SSSR count). The third-order valence-corrected chi connectivity index (χ3v) is 1.96. The number of quaternary nitrogens is 1. The van der Waals surface area contributed by atoms with Gasteiger partial charge in [0.05, 0.1) is 6.54 Å². The van der Waals surface area contributed by atoms with Crippen molar-refractivity contribution in [3.8, 4) is 0 Å². The van der Waals surface area contributed by atoms with Crippen molar-refractivity contribution >= 4 is 0 Å². The van der Waals surface area contributed by atoms with Gasteiger partial charge in [0.15, 0.2) is 6.73 Å². The van der Waals surface area contributed by atoms with Crippen molar-refractivity contribution in [2.45, 2.75) is 6.42 Å². The minimum Gasteiger partial charge on any atom is -0.630 e. The average molecular weight is 162 g/mol. The maximum absolute atomic E-state index is 11.4. The van der Waals surface area contributed by atoms with Gasteiger partial charge in [-0.1, -0.05) is 0 Å². The largest absolute Gasteiger partial charge is 0.630 e. The van der Waals surface area contributed by atoms with Gasteiger partial charge in [-0.3, -0.25) is 0 Å². The van der Waals surface area contributed by atoms with Crippen molar-refractivity contribution in [3.63, 3.8) is 0 Å². The molecule has 0 bridgehead atoms. The van der Waals surface area contributed by atoms with Gasteiger partial charge in [-0.05, 0) is 0 Å². The summed E-state index contributed by atoms with van der Waals surface area (Å²) in [5.41, 5.74) is 0. The van der Waals surface area contributed by atoms with Crippen LogP contribution in [-0.4, -0.2) is 53.0 Å². The maximum Gasteiger partial charge on any atom is 0.181 e. The highest BCUT2D eigenvalue weighted by Crippen LogP contribution is 2.12. The molecule has 1 aliphatic heterocycles. The van der Waals surface area contributed by atoms with E-state index in [2.05, 4.69) is 0 Å². The summed E-state index contributed by atoms with van der Waals surface area (Å²) < 4.78 is -0.611. The Morgan fingerprint density at radius 2 is 2.18 bits per heavy atom. The Hall–Kier alpha value is -0.200. The smallest absolute Gasteiger partial charge is 0.181 e. The molecule has 0 saturated carbocycles. The quantitative estimate of drug-likeness (QED) is 0.398. The van der Waals surface area contributed by atoms with E-state index < -0.39 is 11.4 Å². The van der Waals surface area contributed by atoms with Gasteiger partial charge in [0.2, 0.25) is 0 Å². The first-order valence-corrected chi connectivity index (χ1v) is 3.71. The number of hydroxylamine groups is 3. The van der Waals surface area contributed by atoms with Crippen LogP contribution in [-0.2, 0) is 0 Å². The first-order valence-electron chi connectivity index (χ1n) is 3.71. The lowest BCUT2D eigenvalue weighted by Gasteiger charge is -2.46. The van der Waals surface area contributed by atoms with E-state index in [4.69, 9.17) is 10.2 Å². The lowest BCUT2D eigenvalue weighted by Crippen LogP contribution is -2.55. The van der Waals surface area contributed by atoms with Crippen molar-refractivity contribution in [2.24, 2.45) is 0 Å². The Morgan fingerprint density at radius 3 is 2.73 bits per heavy atom. The summed E-state index contributed by atoms with van der Waals surface area (Å²) in [6, 6.07) is 0. The summed E-state index contributed by atoms with van der Waals surface area (Å²) in [4.78, 5) is 1.63. The molecule has 1 heterocycles. The number of rotatable bonds is 2. The fraction of sp³-hybridized carbons (Fsp3) is 1.00. The molecule has 0 amide bonds. The second-order valence-corrected chi connectivity index (χ2v) is 2.95. The normalized spacial score (nSPS) is 34.1. The van der Waals surface area contributed by atoms with Gasteiger partial charge < -0.3 is 20.1 Å². The van der Waals surface area contributed by atoms with Crippen LogP contribution in [0.15, 0.2) is 0 Å². The number of hydrogen-bond donors (Lipinski definition) is 2. The molecule has 0 aromatic rings. The van der Waals surface area contributed by atoms with Crippen LogP contribution in [0.4, 0.5) is 0 Å². The molecule has 0 aromatic heterocycles. The second-order valence-electron chi connectivity index (χ2n) is 2.95. The van der Waals surface area contributed by atoms with Crippen molar-refractivity contribution < 1.29 is 14.9 Å². The van der Waals surface area contributed by atoms with Crippen molar-refractivity contribution in [1.29, 1.82) is 0 Å². The number of hydrogen-bond acceptors (Lipinski definition) is 4. The molecule has 1 aliphatic rings. The lowest BCUT2D eigenvalue weighted by molar-refractivity contribution is -0.914. The summed E-state index contributed by atoms with van der Waals surface area (Å²) in [5, 5.41) is 28.8. The van der Waals surface area contributed by atoms with E-state index in [-0.39, 0.29) is 13.4 Å². The molecule has 11 heavy (non-hydrogen) atoms. The van der Waals surface area contributed by atoms with Crippen molar-refractivity contribution in [1.82, 2.24) is 4.90 Å². The zero-order valence-electron chi connectivity index (χ0n) is 6.44. The second kappa shape index (κ2) is 3.46. The SMILES string of the molecule is [O-][N+]1(CO)CCCN(CO)C1. The standard InChI is InChI=1S/C6H14N2O3/c9-5-7-2-1-3-8(11,4-7)6-10/h9-10H,1-6H2. The van der Waals surface area contributed by atoms with E-state index in [9.17, 15) is 5.21 Å². The minimum atomic E-state index is -0.611. The number of nitrogens with zero attached hydrogens (tertiary/aromatic N) is 2. The highest BCUT2D eigenvalue weighted by molar-refractivity contribution is 4.55. The Morgan fingerprint density at radius 1 is 1.45 bits per heavy atom. The molecule has 1 fully saturated rings. The molecule has 1 atom stereocenters. The molecule has 2 N–H and O–H groups in total. The first kappa shape index (κ1) is 8.89. The maximum atomic E-state index is 11.4. The predicted octanol–water partition coefficient (Wildman–Crippen LogP) is -1.14. The highest BCUT2D eigenvalue weighted by Gasteiger charge is 2.24. The van der Waals surface area contributed by atoms with Crippen molar-refractivity contribution in [2.75, 3.05) is 33.2 Å². The number of aliphatic hydroxyl groups is 2. The minimum absolute atomic E-state index is 0.0950. The molecule has 0 radical (unpaired) electrons. The van der Waals surface area contributed by atoms with Crippen LogP contribution in [0.3, 0.4) is 0 Å². The van der Waals surface area contributed by atoms with Crippen LogP contribution in [0.2, 0.25) is 0 Å². The van der Waals surface area contributed by atoms with E-state index in [0.717, 1.165) is 13.0 Å². The summed E-state index contributed by atoms with van der Waals surface area (Å²) >= 11 is 0. The fourth-order valence-electron chi connectivity index (χ4n) is 1.32. The van der Waals surface area contributed by atoms with Gasteiger partial charge in [-0.15, -0.1) is 0 Å². The Balaban J connectivity index is 2.44. The highest BCUT2D eigenvalue weighted by atomic mass is 16.6. The van der Waals surface area contributed by atoms with Crippen LogP contribution in [0.5, 0.6) is 0 Å². The molecule has 0 aliphatic carbocycles. The Bertz CT molecular complexity index is 133. The Labute approximate surface area is 65.6 Å². The molecule has 0 spiro atoms. The van der Waals surface area contributed by atoms with Crippen LogP contribution in [0.25, 0.3) is 0 Å². The summed E-state index contributed by atoms with van der Waals surface area (Å²) in [7, 11) is 0. The van der Waals surface area contributed by atoms with E-state index >= 15 is 0 Å². The van der Waals surface area contributed by atoms with Crippen molar-refractivity contribution in [3.05, 3.63) is 5.21 Å². The molecule has 66 valence electrons. The zero-order valence-corrected chi connectivity index (χ0v) is 6.44. The lowest BCUT2D eigenvalue weighted by atomic mass is 10.3. The van der Waals surface area contributed by atoms with E-state index in [1.165, 1.54) is 0 Å². The van der Waals surface area contributed by atoms with Crippen LogP contribution in [0, 0.1) is 5.21 Å². The van der Waals surface area contributed by atoms with Gasteiger partial charge in [-0.25, -0.2) is 4.90 Å². The zero-order chi connectivity index (χ0) is 8.32. The number of aliphatic hydroxyl groups excluding tert-OH is 2. The van der Waals surface area contributed by atoms with Gasteiger partial charge >= 0.3 is 0 Å². The molecule has 0 aromatic carbocycles. The fourth-order valence-corrected chi connectivity index (χ4v) is 1.32. The van der Waals surface area contributed by atoms with Gasteiger partial charge in [0.25, 0.3) is 0 Å². The van der Waals surface area contributed by atoms with E-state index in [1.807, 2.05) is 0 Å². The summed E-state index contributed by atoms with van der Waals surface area (Å²) in [5.74, 6) is 0. The molecule has 5 nitrogen and oxygen atoms in total. The van der Waals surface area contributed by atoms with Crippen LogP contribution >= 0.6 is 0 Å².